The normalized spacial score (nSPS) is 12.3. The molecule has 1 N–H and O–H groups in total. The molecule has 0 aliphatic carbocycles. The Balaban J connectivity index is 1.72. The number of fused-ring (bicyclic) bond motifs is 1. The maximum Gasteiger partial charge on any atom is 0.220 e. The van der Waals surface area contributed by atoms with Crippen molar-refractivity contribution in [1.82, 2.24) is 10.3 Å². The number of oxazole rings is 1. The van der Waals surface area contributed by atoms with Gasteiger partial charge in [-0.3, -0.25) is 9.59 Å². The summed E-state index contributed by atoms with van der Waals surface area (Å²) < 4.78 is 6.51. The Bertz CT molecular complexity index is 696. The number of Topliss-reactive ketones (excluding diaryl/α,β-unsaturated/α-hetero) is 1. The number of amides is 1. The van der Waals surface area contributed by atoms with Gasteiger partial charge in [0.2, 0.25) is 11.8 Å². The van der Waals surface area contributed by atoms with E-state index in [2.05, 4.69) is 26.2 Å². The van der Waals surface area contributed by atoms with Crippen LogP contribution in [0.5, 0.6) is 0 Å². The lowest BCUT2D eigenvalue weighted by Gasteiger charge is -2.06. The first-order valence-electron chi connectivity index (χ1n) is 7.78. The monoisotopic (exact) mass is 380 g/mol. The van der Waals surface area contributed by atoms with Gasteiger partial charge in [-0.2, -0.15) is 0 Å². The van der Waals surface area contributed by atoms with Crippen LogP contribution in [-0.4, -0.2) is 16.7 Å². The number of aromatic nitrogens is 1. The fourth-order valence-corrected chi connectivity index (χ4v) is 2.57. The van der Waals surface area contributed by atoms with E-state index in [-0.39, 0.29) is 24.2 Å². The molecule has 1 amide bonds. The summed E-state index contributed by atoms with van der Waals surface area (Å²) in [5, 5.41) is 2.81. The molecule has 0 spiro atoms. The molecule has 0 unspecified atom stereocenters. The van der Waals surface area contributed by atoms with E-state index in [1.54, 1.807) is 6.92 Å². The molecule has 1 aromatic carbocycles. The van der Waals surface area contributed by atoms with Crippen molar-refractivity contribution < 1.29 is 14.0 Å². The number of hydrogen-bond acceptors (Lipinski definition) is 4. The van der Waals surface area contributed by atoms with E-state index in [9.17, 15) is 9.59 Å². The maximum atomic E-state index is 11.8. The Labute approximate surface area is 144 Å². The summed E-state index contributed by atoms with van der Waals surface area (Å²) in [6.45, 7) is 3.82. The minimum absolute atomic E-state index is 0.0242. The van der Waals surface area contributed by atoms with Gasteiger partial charge in [-0.05, 0) is 38.0 Å². The number of benzene rings is 1. The Kier molecular flexibility index (Phi) is 6.33. The zero-order valence-corrected chi connectivity index (χ0v) is 15.0. The molecular formula is C17H21BrN2O3. The van der Waals surface area contributed by atoms with E-state index >= 15 is 0 Å². The molecule has 0 fully saturated rings. The summed E-state index contributed by atoms with van der Waals surface area (Å²) in [5.41, 5.74) is 1.47. The van der Waals surface area contributed by atoms with Crippen molar-refractivity contribution in [3.05, 3.63) is 28.6 Å². The zero-order chi connectivity index (χ0) is 16.8. The molecule has 1 heterocycles. The summed E-state index contributed by atoms with van der Waals surface area (Å²) in [7, 11) is 0. The first-order valence-corrected chi connectivity index (χ1v) is 8.57. The van der Waals surface area contributed by atoms with Gasteiger partial charge in [0.05, 0.1) is 6.54 Å². The molecule has 0 aliphatic heterocycles. The van der Waals surface area contributed by atoms with Crippen LogP contribution in [0.25, 0.3) is 11.1 Å². The van der Waals surface area contributed by atoms with Crippen LogP contribution in [0.15, 0.2) is 27.1 Å². The van der Waals surface area contributed by atoms with E-state index < -0.39 is 0 Å². The second-order valence-electron chi connectivity index (χ2n) is 5.75. The molecule has 0 bridgehead atoms. The topological polar surface area (TPSA) is 72.2 Å². The number of ketones is 1. The molecule has 1 aromatic heterocycles. The molecule has 2 rings (SSSR count). The highest BCUT2D eigenvalue weighted by molar-refractivity contribution is 9.10. The van der Waals surface area contributed by atoms with Crippen LogP contribution in [-0.2, 0) is 16.1 Å². The van der Waals surface area contributed by atoms with Gasteiger partial charge in [0.1, 0.15) is 11.3 Å². The average molecular weight is 381 g/mol. The molecule has 0 saturated heterocycles. The van der Waals surface area contributed by atoms with Crippen LogP contribution < -0.4 is 5.32 Å². The smallest absolute Gasteiger partial charge is 0.220 e. The molecule has 0 saturated carbocycles. The van der Waals surface area contributed by atoms with E-state index in [0.717, 1.165) is 29.3 Å². The largest absolute Gasteiger partial charge is 0.439 e. The number of nitrogens with one attached hydrogen (secondary N) is 1. The van der Waals surface area contributed by atoms with Crippen LogP contribution in [0, 0.1) is 5.92 Å². The Morgan fingerprint density at radius 1 is 1.35 bits per heavy atom. The van der Waals surface area contributed by atoms with Crippen LogP contribution in [0.2, 0.25) is 0 Å². The number of nitrogens with zero attached hydrogens (tertiary/aromatic N) is 1. The third-order valence-electron chi connectivity index (χ3n) is 3.82. The third kappa shape index (κ3) is 5.46. The summed E-state index contributed by atoms with van der Waals surface area (Å²) in [6.07, 6.45) is 2.95. The second kappa shape index (κ2) is 8.24. The van der Waals surface area contributed by atoms with Gasteiger partial charge in [-0.25, -0.2) is 4.98 Å². The predicted molar refractivity (Wildman–Crippen MR) is 91.9 cm³/mol. The van der Waals surface area contributed by atoms with Gasteiger partial charge in [0, 0.05) is 16.8 Å². The lowest BCUT2D eigenvalue weighted by molar-refractivity contribution is -0.121. The number of carbonyl (C=O) groups is 2. The van der Waals surface area contributed by atoms with E-state index in [0.29, 0.717) is 17.9 Å². The molecular weight excluding hydrogens is 360 g/mol. The fraction of sp³-hybridized carbons (Fsp3) is 0.471. The summed E-state index contributed by atoms with van der Waals surface area (Å²) in [4.78, 5) is 27.3. The Morgan fingerprint density at radius 2 is 2.13 bits per heavy atom. The SMILES string of the molecule is CC(=O)[C@H](C)CCCCC(=O)NCc1nc2cc(Br)ccc2o1. The molecule has 2 aromatic rings. The van der Waals surface area contributed by atoms with Gasteiger partial charge >= 0.3 is 0 Å². The highest BCUT2D eigenvalue weighted by atomic mass is 79.9. The Hall–Kier alpha value is -1.69. The van der Waals surface area contributed by atoms with Crippen molar-refractivity contribution in [2.75, 3.05) is 0 Å². The zero-order valence-electron chi connectivity index (χ0n) is 13.4. The number of unbranched alkanes of at least 4 members (excludes halogenated alkanes) is 1. The van der Waals surface area contributed by atoms with Gasteiger partial charge < -0.3 is 9.73 Å². The summed E-state index contributed by atoms with van der Waals surface area (Å²) in [6, 6.07) is 5.60. The van der Waals surface area contributed by atoms with Crippen molar-refractivity contribution in [2.45, 2.75) is 46.1 Å². The molecule has 0 aliphatic rings. The average Bonchev–Trinajstić information content (AvgIpc) is 2.91. The molecule has 6 heteroatoms. The van der Waals surface area contributed by atoms with Gasteiger partial charge in [-0.15, -0.1) is 0 Å². The van der Waals surface area contributed by atoms with Crippen LogP contribution in [0.4, 0.5) is 0 Å². The summed E-state index contributed by atoms with van der Waals surface area (Å²) >= 11 is 3.39. The van der Waals surface area contributed by atoms with Crippen LogP contribution in [0.3, 0.4) is 0 Å². The van der Waals surface area contributed by atoms with E-state index in [4.69, 9.17) is 4.42 Å². The molecule has 0 radical (unpaired) electrons. The minimum atomic E-state index is -0.0242. The van der Waals surface area contributed by atoms with E-state index in [1.807, 2.05) is 25.1 Å². The first kappa shape index (κ1) is 17.7. The molecule has 1 atom stereocenters. The van der Waals surface area contributed by atoms with Gasteiger partial charge in [0.15, 0.2) is 5.58 Å². The van der Waals surface area contributed by atoms with Gasteiger partial charge in [0.25, 0.3) is 0 Å². The quantitative estimate of drug-likeness (QED) is 0.702. The predicted octanol–water partition coefficient (Wildman–Crippen LogP) is 3.99. The lowest BCUT2D eigenvalue weighted by Crippen LogP contribution is -2.22. The third-order valence-corrected chi connectivity index (χ3v) is 4.31. The van der Waals surface area contributed by atoms with Crippen molar-refractivity contribution in [1.29, 1.82) is 0 Å². The van der Waals surface area contributed by atoms with Crippen LogP contribution >= 0.6 is 15.9 Å². The van der Waals surface area contributed by atoms with Crippen molar-refractivity contribution in [3.63, 3.8) is 0 Å². The molecule has 23 heavy (non-hydrogen) atoms. The highest BCUT2D eigenvalue weighted by Crippen LogP contribution is 2.20. The van der Waals surface area contributed by atoms with Crippen LogP contribution in [0.1, 0.15) is 45.4 Å². The highest BCUT2D eigenvalue weighted by Gasteiger charge is 2.09. The standard InChI is InChI=1S/C17H21BrN2O3/c1-11(12(2)21)5-3-4-6-16(22)19-10-17-20-14-9-13(18)7-8-15(14)23-17/h7-9,11H,3-6,10H2,1-2H3,(H,19,22)/t11-/m1/s1. The molecule has 124 valence electrons. The Morgan fingerprint density at radius 3 is 2.87 bits per heavy atom. The fourth-order valence-electron chi connectivity index (χ4n) is 2.23. The molecule has 5 nitrogen and oxygen atoms in total. The number of rotatable bonds is 8. The lowest BCUT2D eigenvalue weighted by atomic mass is 10.00. The first-order chi connectivity index (χ1) is 11.0. The van der Waals surface area contributed by atoms with Crippen molar-refractivity contribution in [3.8, 4) is 0 Å². The van der Waals surface area contributed by atoms with Gasteiger partial charge in [-0.1, -0.05) is 29.3 Å². The van der Waals surface area contributed by atoms with Crippen molar-refractivity contribution >= 4 is 38.7 Å². The summed E-state index contributed by atoms with van der Waals surface area (Å²) in [5.74, 6) is 0.759. The minimum Gasteiger partial charge on any atom is -0.439 e. The second-order valence-corrected chi connectivity index (χ2v) is 6.67. The number of hydrogen-bond donors (Lipinski definition) is 1. The van der Waals surface area contributed by atoms with Crippen molar-refractivity contribution in [2.24, 2.45) is 5.92 Å². The maximum absolute atomic E-state index is 11.8. The number of halogens is 1. The van der Waals surface area contributed by atoms with E-state index in [1.165, 1.54) is 0 Å². The number of carbonyl (C=O) groups excluding carboxylic acids is 2.